The smallest absolute Gasteiger partial charge is 1.00 e. The molecule has 0 aliphatic rings. The Bertz CT molecular complexity index is 287. The van der Waals surface area contributed by atoms with Crippen LogP contribution in [0.5, 0.6) is 0 Å². The molecule has 0 aromatic carbocycles. The van der Waals surface area contributed by atoms with E-state index >= 15 is 0 Å². The van der Waals surface area contributed by atoms with E-state index in [1.165, 1.54) is 0 Å². The van der Waals surface area contributed by atoms with Gasteiger partial charge in [-0.2, -0.15) is 0 Å². The van der Waals surface area contributed by atoms with Crippen LogP contribution in [0.15, 0.2) is 0 Å². The molecule has 0 aromatic rings. The second-order valence-corrected chi connectivity index (χ2v) is 13.3. The summed E-state index contributed by atoms with van der Waals surface area (Å²) in [5.74, 6) is 0. The monoisotopic (exact) mass is 625 g/mol. The third kappa shape index (κ3) is 3980. The van der Waals surface area contributed by atoms with E-state index in [-0.39, 0.29) is 54.6 Å². The van der Waals surface area contributed by atoms with Crippen molar-refractivity contribution in [3.8, 4) is 0 Å². The quantitative estimate of drug-likeness (QED) is 0.265. The zero-order chi connectivity index (χ0) is 21.5. The largest absolute Gasteiger partial charge is 3.00 e. The average Bonchev–Trinajstić information content (AvgIpc) is 2.08. The first kappa shape index (κ1) is 63.1. The molecular formula is C12H36Cl3CrO6S6. The molecule has 183 valence electrons. The van der Waals surface area contributed by atoms with Gasteiger partial charge in [-0.15, -0.1) is 0 Å². The summed E-state index contributed by atoms with van der Waals surface area (Å²) in [5, 5.41) is 0. The SMILES string of the molecule is CS(C)=O.CS(C)=O.CS(C)=O.CS(C)=O.CS(C)=O.CS(C)=O.[Cl-].[Cl-].[Cl-].[Cr+3]. The minimum atomic E-state index is -0.611. The van der Waals surface area contributed by atoms with Gasteiger partial charge in [0.05, 0.1) is 0 Å². The predicted octanol–water partition coefficient (Wildman–Crippen LogP) is -9.02. The van der Waals surface area contributed by atoms with Crippen molar-refractivity contribution >= 4 is 64.8 Å². The van der Waals surface area contributed by atoms with Gasteiger partial charge in [0.15, 0.2) is 0 Å². The molecular weight excluding hydrogens is 591 g/mol. The predicted molar refractivity (Wildman–Crippen MR) is 120 cm³/mol. The van der Waals surface area contributed by atoms with Crippen molar-refractivity contribution < 1.29 is 79.8 Å². The average molecular weight is 627 g/mol. The summed E-state index contributed by atoms with van der Waals surface area (Å²) in [4.78, 5) is 0. The van der Waals surface area contributed by atoms with Crippen molar-refractivity contribution in [1.29, 1.82) is 0 Å². The summed E-state index contributed by atoms with van der Waals surface area (Å²) in [6.45, 7) is 0. The Morgan fingerprint density at radius 1 is 0.286 bits per heavy atom. The maximum absolute atomic E-state index is 9.56. The molecule has 28 heavy (non-hydrogen) atoms. The molecule has 0 spiro atoms. The van der Waals surface area contributed by atoms with Crippen LogP contribution in [0, 0.1) is 0 Å². The summed E-state index contributed by atoms with van der Waals surface area (Å²) >= 11 is 0. The fraction of sp³-hybridized carbons (Fsp3) is 1.00. The van der Waals surface area contributed by atoms with Crippen LogP contribution in [0.25, 0.3) is 0 Å². The van der Waals surface area contributed by atoms with E-state index in [1.54, 1.807) is 75.1 Å². The summed E-state index contributed by atoms with van der Waals surface area (Å²) in [6, 6.07) is 0. The van der Waals surface area contributed by atoms with Crippen LogP contribution in [0.3, 0.4) is 0 Å². The van der Waals surface area contributed by atoms with Gasteiger partial charge in [0.25, 0.3) is 0 Å². The van der Waals surface area contributed by atoms with Gasteiger partial charge >= 0.3 is 17.4 Å². The Morgan fingerprint density at radius 3 is 0.286 bits per heavy atom. The molecule has 0 aromatic heterocycles. The molecule has 6 nitrogen and oxygen atoms in total. The fourth-order valence-corrected chi connectivity index (χ4v) is 0. The van der Waals surface area contributed by atoms with Gasteiger partial charge in [0.1, 0.15) is 0 Å². The third-order valence-corrected chi connectivity index (χ3v) is 0. The van der Waals surface area contributed by atoms with E-state index in [9.17, 15) is 25.3 Å². The molecule has 0 saturated heterocycles. The first-order chi connectivity index (χ1) is 10.4. The number of hydrogen-bond acceptors (Lipinski definition) is 6. The maximum atomic E-state index is 9.56. The van der Waals surface area contributed by atoms with Crippen molar-refractivity contribution in [2.75, 3.05) is 75.1 Å². The summed E-state index contributed by atoms with van der Waals surface area (Å²) in [7, 11) is -3.67. The molecule has 16 heteroatoms. The minimum Gasteiger partial charge on any atom is -1.00 e. The van der Waals surface area contributed by atoms with Crippen LogP contribution in [0.4, 0.5) is 0 Å². The van der Waals surface area contributed by atoms with Gasteiger partial charge in [-0.3, -0.25) is 25.3 Å². The van der Waals surface area contributed by atoms with Crippen molar-refractivity contribution in [3.63, 3.8) is 0 Å². The van der Waals surface area contributed by atoms with Gasteiger partial charge < -0.3 is 37.2 Å². The van der Waals surface area contributed by atoms with Crippen molar-refractivity contribution in [1.82, 2.24) is 0 Å². The normalized spacial score (nSPS) is 7.50. The molecule has 0 heterocycles. The van der Waals surface area contributed by atoms with E-state index in [0.29, 0.717) is 0 Å². The van der Waals surface area contributed by atoms with Crippen LogP contribution in [0.1, 0.15) is 0 Å². The Labute approximate surface area is 217 Å². The minimum absolute atomic E-state index is 0. The summed E-state index contributed by atoms with van der Waals surface area (Å²) < 4.78 is 57.3. The van der Waals surface area contributed by atoms with E-state index < -0.39 is 64.8 Å². The topological polar surface area (TPSA) is 102 Å². The van der Waals surface area contributed by atoms with Crippen LogP contribution in [-0.2, 0) is 82.2 Å². The molecule has 0 fully saturated rings. The summed E-state index contributed by atoms with van der Waals surface area (Å²) in [6.07, 6.45) is 19.7. The second kappa shape index (κ2) is 56.9. The Hall–Kier alpha value is 2.30. The van der Waals surface area contributed by atoms with Crippen LogP contribution < -0.4 is 37.2 Å². The van der Waals surface area contributed by atoms with Gasteiger partial charge in [0, 0.05) is 140 Å². The third-order valence-electron chi connectivity index (χ3n) is 0. The first-order valence-corrected chi connectivity index (χ1v) is 17.7. The standard InChI is InChI=1S/6C2H6OS.3ClH.Cr/c6*1-4(2)3;;;;/h6*1-2H3;3*1H;/q;;;;;;;;;+3/p-3. The molecule has 0 N–H and O–H groups in total. The molecule has 0 bridgehead atoms. The van der Waals surface area contributed by atoms with E-state index in [1.807, 2.05) is 0 Å². The molecule has 1 radical (unpaired) electrons. The Kier molecular flexibility index (Phi) is 128. The maximum Gasteiger partial charge on any atom is 3.00 e. The first-order valence-electron chi connectivity index (χ1n) is 5.90. The van der Waals surface area contributed by atoms with Crippen molar-refractivity contribution in [2.45, 2.75) is 0 Å². The van der Waals surface area contributed by atoms with Gasteiger partial charge in [-0.1, -0.05) is 0 Å². The molecule has 0 saturated carbocycles. The van der Waals surface area contributed by atoms with Gasteiger partial charge in [-0.05, 0) is 0 Å². The number of rotatable bonds is 0. The van der Waals surface area contributed by atoms with Crippen LogP contribution in [-0.4, -0.2) is 100 Å². The second-order valence-electron chi connectivity index (χ2n) is 4.45. The van der Waals surface area contributed by atoms with E-state index in [4.69, 9.17) is 0 Å². The van der Waals surface area contributed by atoms with E-state index in [2.05, 4.69) is 0 Å². The molecule has 0 atom stereocenters. The summed E-state index contributed by atoms with van der Waals surface area (Å²) in [5.41, 5.74) is 0. The number of hydrogen-bond donors (Lipinski definition) is 0. The molecule has 0 unspecified atom stereocenters. The zero-order valence-corrected chi connectivity index (χ0v) is 26.9. The van der Waals surface area contributed by atoms with Crippen LogP contribution in [0.2, 0.25) is 0 Å². The van der Waals surface area contributed by atoms with Crippen LogP contribution >= 0.6 is 0 Å². The van der Waals surface area contributed by atoms with Crippen molar-refractivity contribution in [2.24, 2.45) is 0 Å². The van der Waals surface area contributed by atoms with Crippen molar-refractivity contribution in [3.05, 3.63) is 0 Å². The molecule has 0 aliphatic carbocycles. The van der Waals surface area contributed by atoms with E-state index in [0.717, 1.165) is 0 Å². The van der Waals surface area contributed by atoms with Gasteiger partial charge in [0.2, 0.25) is 0 Å². The molecule has 0 aliphatic heterocycles. The van der Waals surface area contributed by atoms with Gasteiger partial charge in [-0.25, -0.2) is 0 Å². The molecule has 0 amide bonds. The number of halogens is 3. The Morgan fingerprint density at radius 2 is 0.286 bits per heavy atom. The molecule has 0 rings (SSSR count). The zero-order valence-electron chi connectivity index (χ0n) is 18.4. The fourth-order valence-electron chi connectivity index (χ4n) is 0. The Balaban J connectivity index is -0.0000000169.